The summed E-state index contributed by atoms with van der Waals surface area (Å²) >= 11 is 6.79. The van der Waals surface area contributed by atoms with Crippen LogP contribution in [0.15, 0.2) is 41.7 Å². The second-order valence-electron chi connectivity index (χ2n) is 3.76. The van der Waals surface area contributed by atoms with Gasteiger partial charge in [0.2, 0.25) is 0 Å². The van der Waals surface area contributed by atoms with Crippen LogP contribution in [0.4, 0.5) is 0 Å². The van der Waals surface area contributed by atoms with Crippen LogP contribution in [0.1, 0.15) is 5.56 Å². The molecule has 2 heterocycles. The summed E-state index contributed by atoms with van der Waals surface area (Å²) in [7, 11) is 0. The zero-order chi connectivity index (χ0) is 12.4. The Morgan fingerprint density at radius 3 is 2.89 bits per heavy atom. The molecular weight excluding hydrogens is 264 g/mol. The molecule has 0 saturated heterocycles. The van der Waals surface area contributed by atoms with Crippen molar-refractivity contribution in [3.63, 3.8) is 0 Å². The third-order valence-electron chi connectivity index (χ3n) is 2.55. The number of benzene rings is 1. The van der Waals surface area contributed by atoms with Crippen LogP contribution in [0.5, 0.6) is 0 Å². The first-order chi connectivity index (χ1) is 8.84. The molecular formula is C12H10N4S2. The molecule has 3 rings (SSSR count). The maximum Gasteiger partial charge on any atom is 0.147 e. The predicted octanol–water partition coefficient (Wildman–Crippen LogP) is 3.31. The number of nitrogens with one attached hydrogen (secondary N) is 2. The van der Waals surface area contributed by atoms with E-state index in [-0.39, 0.29) is 0 Å². The lowest BCUT2D eigenvalue weighted by atomic mass is 10.2. The number of thioether (sulfide) groups is 1. The maximum atomic E-state index is 5.13. The number of imidazole rings is 1. The molecule has 0 unspecified atom stereocenters. The Labute approximate surface area is 113 Å². The van der Waals surface area contributed by atoms with Crippen molar-refractivity contribution in [1.29, 1.82) is 0 Å². The van der Waals surface area contributed by atoms with Gasteiger partial charge in [0.05, 0.1) is 6.33 Å². The number of hydrogen-bond donors (Lipinski definition) is 2. The number of hydrogen-bond acceptors (Lipinski definition) is 4. The molecule has 0 bridgehead atoms. The smallest absolute Gasteiger partial charge is 0.147 e. The van der Waals surface area contributed by atoms with Gasteiger partial charge in [0.25, 0.3) is 0 Å². The Bertz CT molecular complexity index is 718. The first kappa shape index (κ1) is 11.4. The monoisotopic (exact) mass is 274 g/mol. The molecule has 1 aromatic carbocycles. The Morgan fingerprint density at radius 2 is 2.06 bits per heavy atom. The molecule has 0 amide bonds. The number of aromatic amines is 2. The topological polar surface area (TPSA) is 57.4 Å². The average molecular weight is 274 g/mol. The van der Waals surface area contributed by atoms with Crippen molar-refractivity contribution in [3.8, 4) is 0 Å². The fourth-order valence-electron chi connectivity index (χ4n) is 1.67. The van der Waals surface area contributed by atoms with Crippen molar-refractivity contribution >= 4 is 35.0 Å². The third-order valence-corrected chi connectivity index (χ3v) is 3.88. The summed E-state index contributed by atoms with van der Waals surface area (Å²) in [5.74, 6) is 0.868. The molecule has 90 valence electrons. The second-order valence-corrected chi connectivity index (χ2v) is 5.13. The van der Waals surface area contributed by atoms with Gasteiger partial charge in [-0.25, -0.2) is 4.98 Å². The lowest BCUT2D eigenvalue weighted by molar-refractivity contribution is 0.939. The summed E-state index contributed by atoms with van der Waals surface area (Å²) in [6.07, 6.45) is 1.64. The number of rotatable bonds is 3. The molecule has 0 atom stereocenters. The summed E-state index contributed by atoms with van der Waals surface area (Å²) < 4.78 is 0.565. The minimum Gasteiger partial charge on any atom is -0.342 e. The Balaban J connectivity index is 1.90. The molecule has 2 N–H and O–H groups in total. The van der Waals surface area contributed by atoms with Crippen molar-refractivity contribution < 1.29 is 0 Å². The van der Waals surface area contributed by atoms with Gasteiger partial charge in [-0.3, -0.25) is 5.10 Å². The van der Waals surface area contributed by atoms with Crippen LogP contribution < -0.4 is 0 Å². The molecule has 6 heteroatoms. The Morgan fingerprint density at radius 1 is 1.22 bits per heavy atom. The van der Waals surface area contributed by atoms with Crippen LogP contribution >= 0.6 is 24.0 Å². The Kier molecular flexibility index (Phi) is 3.12. The van der Waals surface area contributed by atoms with Crippen LogP contribution in [-0.4, -0.2) is 20.2 Å². The van der Waals surface area contributed by atoms with E-state index in [9.17, 15) is 0 Å². The SMILES string of the molecule is S=c1[nH]nc(SCc2ccccc2)c2[nH]cnc12. The van der Waals surface area contributed by atoms with Gasteiger partial charge in [0.15, 0.2) is 0 Å². The van der Waals surface area contributed by atoms with Crippen LogP contribution in [0.2, 0.25) is 0 Å². The van der Waals surface area contributed by atoms with Gasteiger partial charge in [-0.15, -0.1) is 0 Å². The van der Waals surface area contributed by atoms with Gasteiger partial charge in [0, 0.05) is 5.75 Å². The summed E-state index contributed by atoms with van der Waals surface area (Å²) in [5, 5.41) is 7.97. The van der Waals surface area contributed by atoms with Crippen LogP contribution in [-0.2, 0) is 5.75 Å². The summed E-state index contributed by atoms with van der Waals surface area (Å²) in [6, 6.07) is 10.3. The minimum atomic E-state index is 0.565. The van der Waals surface area contributed by atoms with Crippen LogP contribution in [0, 0.1) is 4.64 Å². The highest BCUT2D eigenvalue weighted by Gasteiger charge is 2.07. The molecule has 0 radical (unpaired) electrons. The molecule has 18 heavy (non-hydrogen) atoms. The van der Waals surface area contributed by atoms with Crippen molar-refractivity contribution in [2.24, 2.45) is 0 Å². The van der Waals surface area contributed by atoms with E-state index in [1.54, 1.807) is 18.1 Å². The third kappa shape index (κ3) is 2.16. The second kappa shape index (κ2) is 4.91. The number of H-pyrrole nitrogens is 2. The van der Waals surface area contributed by atoms with E-state index < -0.39 is 0 Å². The zero-order valence-electron chi connectivity index (χ0n) is 9.38. The lowest BCUT2D eigenvalue weighted by Gasteiger charge is -2.02. The molecule has 4 nitrogen and oxygen atoms in total. The van der Waals surface area contributed by atoms with Crippen LogP contribution in [0.25, 0.3) is 11.0 Å². The lowest BCUT2D eigenvalue weighted by Crippen LogP contribution is -1.90. The predicted molar refractivity (Wildman–Crippen MR) is 75.1 cm³/mol. The zero-order valence-corrected chi connectivity index (χ0v) is 11.0. The highest BCUT2D eigenvalue weighted by molar-refractivity contribution is 7.98. The van der Waals surface area contributed by atoms with E-state index in [0.717, 1.165) is 21.8 Å². The molecule has 3 aromatic rings. The molecule has 0 spiro atoms. The molecule has 0 saturated carbocycles. The van der Waals surface area contributed by atoms with Crippen molar-refractivity contribution in [1.82, 2.24) is 20.2 Å². The first-order valence-corrected chi connectivity index (χ1v) is 6.82. The standard InChI is InChI=1S/C12H10N4S2/c17-11-9-10(14-7-13-9)12(16-15-11)18-6-8-4-2-1-3-5-8/h1-5,7H,6H2,(H,13,14)(H,15,17). The number of aromatic nitrogens is 4. The fourth-order valence-corrected chi connectivity index (χ4v) is 2.78. The van der Waals surface area contributed by atoms with Crippen molar-refractivity contribution in [2.75, 3.05) is 0 Å². The van der Waals surface area contributed by atoms with E-state index in [2.05, 4.69) is 32.3 Å². The van der Waals surface area contributed by atoms with E-state index in [4.69, 9.17) is 12.2 Å². The minimum absolute atomic E-state index is 0.565. The molecule has 0 aliphatic carbocycles. The van der Waals surface area contributed by atoms with Gasteiger partial charge in [-0.05, 0) is 5.56 Å². The molecule has 0 aliphatic rings. The van der Waals surface area contributed by atoms with Gasteiger partial charge >= 0.3 is 0 Å². The summed E-state index contributed by atoms with van der Waals surface area (Å²) in [6.45, 7) is 0. The number of nitrogens with zero attached hydrogens (tertiary/aromatic N) is 2. The van der Waals surface area contributed by atoms with Gasteiger partial charge in [-0.2, -0.15) is 5.10 Å². The van der Waals surface area contributed by atoms with E-state index in [0.29, 0.717) is 4.64 Å². The van der Waals surface area contributed by atoms with E-state index in [1.165, 1.54) is 5.56 Å². The van der Waals surface area contributed by atoms with Gasteiger partial charge in [0.1, 0.15) is 20.7 Å². The first-order valence-electron chi connectivity index (χ1n) is 5.43. The highest BCUT2D eigenvalue weighted by Crippen LogP contribution is 2.25. The van der Waals surface area contributed by atoms with E-state index >= 15 is 0 Å². The van der Waals surface area contributed by atoms with Crippen molar-refractivity contribution in [2.45, 2.75) is 10.8 Å². The van der Waals surface area contributed by atoms with Crippen LogP contribution in [0.3, 0.4) is 0 Å². The quantitative estimate of drug-likeness (QED) is 0.568. The molecule has 0 fully saturated rings. The fraction of sp³-hybridized carbons (Fsp3) is 0.0833. The average Bonchev–Trinajstić information content (AvgIpc) is 2.90. The van der Waals surface area contributed by atoms with E-state index in [1.807, 2.05) is 18.2 Å². The van der Waals surface area contributed by atoms with Gasteiger partial charge in [-0.1, -0.05) is 54.3 Å². The van der Waals surface area contributed by atoms with Gasteiger partial charge < -0.3 is 4.98 Å². The normalized spacial score (nSPS) is 10.9. The largest absolute Gasteiger partial charge is 0.342 e. The summed E-state index contributed by atoms with van der Waals surface area (Å²) in [4.78, 5) is 7.27. The number of fused-ring (bicyclic) bond motifs is 1. The van der Waals surface area contributed by atoms with Crippen molar-refractivity contribution in [3.05, 3.63) is 46.9 Å². The maximum absolute atomic E-state index is 5.13. The Hall–Kier alpha value is -1.66. The molecule has 0 aliphatic heterocycles. The molecule has 2 aromatic heterocycles. The highest BCUT2D eigenvalue weighted by atomic mass is 32.2. The summed E-state index contributed by atoms with van der Waals surface area (Å²) in [5.41, 5.74) is 2.94.